The second kappa shape index (κ2) is 5.92. The van der Waals surface area contributed by atoms with Crippen LogP contribution in [-0.4, -0.2) is 27.2 Å². The van der Waals surface area contributed by atoms with Crippen molar-refractivity contribution in [2.45, 2.75) is 19.9 Å². The van der Waals surface area contributed by atoms with Gasteiger partial charge in [-0.05, 0) is 12.5 Å². The molecule has 1 aromatic heterocycles. The number of nitrogens with two attached hydrogens (primary N) is 1. The second-order valence-corrected chi connectivity index (χ2v) is 3.32. The van der Waals surface area contributed by atoms with E-state index in [1.165, 1.54) is 0 Å². The SMILES string of the molecule is CCC(=N)/C=C(/N)Nc1cnn(CCO)c1. The van der Waals surface area contributed by atoms with Crippen LogP contribution in [0.5, 0.6) is 0 Å². The minimum atomic E-state index is 0.0485. The van der Waals surface area contributed by atoms with Gasteiger partial charge in [-0.1, -0.05) is 6.92 Å². The molecule has 0 unspecified atom stereocenters. The molecule has 0 atom stereocenters. The van der Waals surface area contributed by atoms with Gasteiger partial charge in [0.2, 0.25) is 0 Å². The fraction of sp³-hybridized carbons (Fsp3) is 0.400. The van der Waals surface area contributed by atoms with Gasteiger partial charge in [-0.2, -0.15) is 5.10 Å². The molecule has 0 aliphatic carbocycles. The lowest BCUT2D eigenvalue weighted by Gasteiger charge is -2.03. The summed E-state index contributed by atoms with van der Waals surface area (Å²) >= 11 is 0. The Hall–Kier alpha value is -1.82. The zero-order chi connectivity index (χ0) is 12.0. The van der Waals surface area contributed by atoms with Crippen LogP contribution in [-0.2, 0) is 6.54 Å². The Morgan fingerprint density at radius 2 is 2.50 bits per heavy atom. The molecule has 16 heavy (non-hydrogen) atoms. The Balaban J connectivity index is 2.58. The van der Waals surface area contributed by atoms with Gasteiger partial charge in [-0.3, -0.25) is 4.68 Å². The number of allylic oxidation sites excluding steroid dienone is 1. The van der Waals surface area contributed by atoms with Gasteiger partial charge in [0.15, 0.2) is 0 Å². The van der Waals surface area contributed by atoms with Crippen molar-refractivity contribution in [3.05, 3.63) is 24.3 Å². The summed E-state index contributed by atoms with van der Waals surface area (Å²) in [7, 11) is 0. The number of aliphatic hydroxyl groups excluding tert-OH is 1. The molecule has 0 saturated carbocycles. The molecule has 0 saturated heterocycles. The van der Waals surface area contributed by atoms with E-state index in [1.54, 1.807) is 23.2 Å². The lowest BCUT2D eigenvalue weighted by molar-refractivity contribution is 0.269. The number of hydrogen-bond acceptors (Lipinski definition) is 5. The summed E-state index contributed by atoms with van der Waals surface area (Å²) in [5.41, 5.74) is 6.90. The highest BCUT2D eigenvalue weighted by Gasteiger charge is 1.99. The van der Waals surface area contributed by atoms with Crippen LogP contribution in [0.4, 0.5) is 5.69 Å². The molecule has 1 heterocycles. The Morgan fingerprint density at radius 3 is 3.12 bits per heavy atom. The molecular weight excluding hydrogens is 206 g/mol. The first-order valence-corrected chi connectivity index (χ1v) is 5.10. The van der Waals surface area contributed by atoms with E-state index in [9.17, 15) is 0 Å². The van der Waals surface area contributed by atoms with Crippen LogP contribution in [0.3, 0.4) is 0 Å². The lowest BCUT2D eigenvalue weighted by Crippen LogP contribution is -2.10. The highest BCUT2D eigenvalue weighted by atomic mass is 16.3. The third-order valence-electron chi connectivity index (χ3n) is 1.96. The average molecular weight is 223 g/mol. The molecule has 0 aliphatic rings. The highest BCUT2D eigenvalue weighted by Crippen LogP contribution is 2.06. The largest absolute Gasteiger partial charge is 0.394 e. The number of nitrogens with zero attached hydrogens (tertiary/aromatic N) is 2. The monoisotopic (exact) mass is 223 g/mol. The minimum absolute atomic E-state index is 0.0485. The van der Waals surface area contributed by atoms with Crippen LogP contribution in [0.1, 0.15) is 13.3 Å². The maximum Gasteiger partial charge on any atom is 0.102 e. The first-order chi connectivity index (χ1) is 7.65. The third kappa shape index (κ3) is 3.74. The van der Waals surface area contributed by atoms with Crippen LogP contribution in [0.25, 0.3) is 0 Å². The van der Waals surface area contributed by atoms with E-state index < -0.39 is 0 Å². The Labute approximate surface area is 94.3 Å². The molecule has 0 spiro atoms. The summed E-state index contributed by atoms with van der Waals surface area (Å²) in [5.74, 6) is 0.412. The van der Waals surface area contributed by atoms with Crippen LogP contribution in [0, 0.1) is 5.41 Å². The molecule has 0 radical (unpaired) electrons. The van der Waals surface area contributed by atoms with Crippen molar-refractivity contribution in [3.63, 3.8) is 0 Å². The van der Waals surface area contributed by atoms with Crippen LogP contribution in [0.15, 0.2) is 24.3 Å². The van der Waals surface area contributed by atoms with Gasteiger partial charge in [-0.25, -0.2) is 0 Å². The van der Waals surface area contributed by atoms with E-state index in [0.717, 1.165) is 5.69 Å². The number of rotatable bonds is 6. The van der Waals surface area contributed by atoms with Gasteiger partial charge in [0, 0.05) is 11.9 Å². The lowest BCUT2D eigenvalue weighted by atomic mass is 10.3. The second-order valence-electron chi connectivity index (χ2n) is 3.32. The normalized spacial score (nSPS) is 11.5. The molecule has 6 nitrogen and oxygen atoms in total. The topological polar surface area (TPSA) is 100.0 Å². The summed E-state index contributed by atoms with van der Waals surface area (Å²) in [6.45, 7) is 2.40. The zero-order valence-corrected chi connectivity index (χ0v) is 9.27. The minimum Gasteiger partial charge on any atom is -0.394 e. The first kappa shape index (κ1) is 12.3. The van der Waals surface area contributed by atoms with Gasteiger partial charge in [0.05, 0.1) is 25.0 Å². The van der Waals surface area contributed by atoms with Gasteiger partial charge >= 0.3 is 0 Å². The highest BCUT2D eigenvalue weighted by molar-refractivity contribution is 5.92. The van der Waals surface area contributed by atoms with Crippen LogP contribution in [0.2, 0.25) is 0 Å². The smallest absolute Gasteiger partial charge is 0.102 e. The summed E-state index contributed by atoms with van der Waals surface area (Å²) in [6.07, 6.45) is 5.58. The van der Waals surface area contributed by atoms with E-state index in [0.29, 0.717) is 24.5 Å². The summed E-state index contributed by atoms with van der Waals surface area (Å²) < 4.78 is 1.61. The van der Waals surface area contributed by atoms with Crippen molar-refractivity contribution >= 4 is 11.4 Å². The number of aliphatic hydroxyl groups is 1. The Morgan fingerprint density at radius 1 is 1.75 bits per heavy atom. The molecule has 0 aliphatic heterocycles. The van der Waals surface area contributed by atoms with Crippen molar-refractivity contribution in [1.82, 2.24) is 9.78 Å². The molecule has 1 aromatic rings. The average Bonchev–Trinajstić information content (AvgIpc) is 2.65. The van der Waals surface area contributed by atoms with Crippen LogP contribution >= 0.6 is 0 Å². The van der Waals surface area contributed by atoms with Gasteiger partial charge < -0.3 is 21.6 Å². The van der Waals surface area contributed by atoms with E-state index in [-0.39, 0.29) is 6.61 Å². The molecule has 6 heteroatoms. The molecule has 1 rings (SSSR count). The number of nitrogens with one attached hydrogen (secondary N) is 2. The fourth-order valence-corrected chi connectivity index (χ4v) is 1.15. The van der Waals surface area contributed by atoms with E-state index >= 15 is 0 Å². The first-order valence-electron chi connectivity index (χ1n) is 5.10. The van der Waals surface area contributed by atoms with Crippen molar-refractivity contribution in [1.29, 1.82) is 5.41 Å². The molecule has 0 fully saturated rings. The molecular formula is C10H17N5O. The van der Waals surface area contributed by atoms with Crippen molar-refractivity contribution in [3.8, 4) is 0 Å². The standard InChI is InChI=1S/C10H17N5O/c1-2-8(11)5-10(12)14-9-6-13-15(7-9)3-4-16/h5-7,11,14,16H,2-4,12H2,1H3/b10-5-,11-8?. The summed E-state index contributed by atoms with van der Waals surface area (Å²) in [6, 6.07) is 0. The van der Waals surface area contributed by atoms with E-state index in [4.69, 9.17) is 16.2 Å². The van der Waals surface area contributed by atoms with Crippen LogP contribution < -0.4 is 11.1 Å². The maximum atomic E-state index is 8.72. The van der Waals surface area contributed by atoms with E-state index in [1.807, 2.05) is 6.92 Å². The van der Waals surface area contributed by atoms with Crippen molar-refractivity contribution in [2.24, 2.45) is 5.73 Å². The molecule has 0 aromatic carbocycles. The quantitative estimate of drug-likeness (QED) is 0.528. The molecule has 5 N–H and O–H groups in total. The predicted molar refractivity (Wildman–Crippen MR) is 63.2 cm³/mol. The summed E-state index contributed by atoms with van der Waals surface area (Å²) in [5, 5.41) is 23.1. The van der Waals surface area contributed by atoms with Crippen molar-refractivity contribution < 1.29 is 5.11 Å². The fourth-order valence-electron chi connectivity index (χ4n) is 1.15. The number of anilines is 1. The maximum absolute atomic E-state index is 8.72. The van der Waals surface area contributed by atoms with Gasteiger partial charge in [0.1, 0.15) is 5.82 Å². The molecule has 0 amide bonds. The number of aromatic nitrogens is 2. The van der Waals surface area contributed by atoms with Gasteiger partial charge in [-0.15, -0.1) is 0 Å². The predicted octanol–water partition coefficient (Wildman–Crippen LogP) is 0.517. The Bertz CT molecular complexity index is 382. The molecule has 0 bridgehead atoms. The Kier molecular flexibility index (Phi) is 4.53. The number of hydrogen-bond donors (Lipinski definition) is 4. The van der Waals surface area contributed by atoms with Gasteiger partial charge in [0.25, 0.3) is 0 Å². The molecule has 88 valence electrons. The zero-order valence-electron chi connectivity index (χ0n) is 9.27. The summed E-state index contributed by atoms with van der Waals surface area (Å²) in [4.78, 5) is 0. The van der Waals surface area contributed by atoms with Crippen molar-refractivity contribution in [2.75, 3.05) is 11.9 Å². The van der Waals surface area contributed by atoms with E-state index in [2.05, 4.69) is 10.4 Å². The third-order valence-corrected chi connectivity index (χ3v) is 1.96.